The second kappa shape index (κ2) is 9.06. The summed E-state index contributed by atoms with van der Waals surface area (Å²) in [6.45, 7) is 1.92. The number of aryl methyl sites for hydroxylation is 1. The number of benzene rings is 1. The number of hydrogen-bond donors (Lipinski definition) is 3. The number of carbonyl (C=O) groups is 1. The van der Waals surface area contributed by atoms with Crippen molar-refractivity contribution < 1.29 is 4.79 Å². The maximum Gasteiger partial charge on any atom is 0.328 e. The summed E-state index contributed by atoms with van der Waals surface area (Å²) in [5.41, 5.74) is 2.59. The topological polar surface area (TPSA) is 131 Å². The quantitative estimate of drug-likeness (QED) is 0.409. The molecule has 176 valence electrons. The van der Waals surface area contributed by atoms with E-state index in [-0.39, 0.29) is 12.1 Å². The lowest BCUT2D eigenvalue weighted by atomic mass is 10.1. The van der Waals surface area contributed by atoms with Crippen LogP contribution in [0.1, 0.15) is 12.8 Å². The number of aromatic nitrogens is 7. The van der Waals surface area contributed by atoms with E-state index in [4.69, 9.17) is 0 Å². The van der Waals surface area contributed by atoms with Gasteiger partial charge in [0.1, 0.15) is 12.7 Å². The van der Waals surface area contributed by atoms with Gasteiger partial charge >= 0.3 is 6.03 Å². The fourth-order valence-corrected chi connectivity index (χ4v) is 4.01. The second-order valence-electron chi connectivity index (χ2n) is 8.41. The molecule has 4 heterocycles. The van der Waals surface area contributed by atoms with Crippen LogP contribution in [0.4, 0.5) is 22.2 Å². The van der Waals surface area contributed by atoms with Gasteiger partial charge in [-0.1, -0.05) is 12.1 Å². The first-order chi connectivity index (χ1) is 16.5. The Hall–Kier alpha value is -4.06. The summed E-state index contributed by atoms with van der Waals surface area (Å²) in [6, 6.07) is 7.56. The highest BCUT2D eigenvalue weighted by Gasteiger charge is 2.22. The van der Waals surface area contributed by atoms with Gasteiger partial charge in [-0.3, -0.25) is 4.68 Å². The molecule has 1 saturated heterocycles. The molecule has 12 heteroatoms. The smallest absolute Gasteiger partial charge is 0.328 e. The molecule has 1 amide bonds. The largest absolute Gasteiger partial charge is 0.371 e. The van der Waals surface area contributed by atoms with E-state index in [0.717, 1.165) is 37.2 Å². The van der Waals surface area contributed by atoms with Crippen LogP contribution < -0.4 is 16.0 Å². The first-order valence-electron chi connectivity index (χ1n) is 11.2. The number of nitrogens with one attached hydrogen (secondary N) is 3. The molecule has 12 nitrogen and oxygen atoms in total. The third-order valence-electron chi connectivity index (χ3n) is 5.87. The summed E-state index contributed by atoms with van der Waals surface area (Å²) < 4.78 is 3.10. The number of rotatable bonds is 5. The van der Waals surface area contributed by atoms with E-state index in [1.165, 1.54) is 10.9 Å². The molecule has 3 N–H and O–H groups in total. The van der Waals surface area contributed by atoms with Gasteiger partial charge < -0.3 is 20.9 Å². The molecule has 5 rings (SSSR count). The highest BCUT2D eigenvalue weighted by atomic mass is 16.2. The highest BCUT2D eigenvalue weighted by molar-refractivity contribution is 5.92. The van der Waals surface area contributed by atoms with E-state index in [9.17, 15) is 4.79 Å². The average Bonchev–Trinajstić information content (AvgIpc) is 3.47. The van der Waals surface area contributed by atoms with Gasteiger partial charge in [0.2, 0.25) is 5.95 Å². The monoisotopic (exact) mass is 461 g/mol. The number of likely N-dealkylation sites (tertiary alicyclic amines) is 1. The number of fused-ring (bicyclic) bond motifs is 1. The van der Waals surface area contributed by atoms with E-state index in [1.807, 2.05) is 31.3 Å². The Morgan fingerprint density at radius 2 is 1.91 bits per heavy atom. The van der Waals surface area contributed by atoms with Crippen molar-refractivity contribution >= 4 is 34.6 Å². The molecule has 0 spiro atoms. The molecular formula is C22H27N11O. The van der Waals surface area contributed by atoms with Gasteiger partial charge in [-0.25, -0.2) is 19.3 Å². The molecule has 0 bridgehead atoms. The zero-order valence-electron chi connectivity index (χ0n) is 19.4. The Labute approximate surface area is 196 Å². The molecule has 3 aromatic heterocycles. The van der Waals surface area contributed by atoms with E-state index in [1.54, 1.807) is 18.1 Å². The number of hydrogen-bond acceptors (Lipinski definition) is 9. The molecule has 0 unspecified atom stereocenters. The van der Waals surface area contributed by atoms with Gasteiger partial charge in [0.25, 0.3) is 0 Å². The third-order valence-corrected chi connectivity index (χ3v) is 5.87. The number of imidazole rings is 1. The molecule has 4 aromatic rings. The van der Waals surface area contributed by atoms with Crippen molar-refractivity contribution in [3.05, 3.63) is 36.9 Å². The number of nitrogens with zero attached hydrogens (tertiary/aromatic N) is 8. The molecule has 0 atom stereocenters. The summed E-state index contributed by atoms with van der Waals surface area (Å²) in [6.07, 6.45) is 4.98. The molecule has 1 aliphatic heterocycles. The Balaban J connectivity index is 1.42. The van der Waals surface area contributed by atoms with Crippen LogP contribution in [-0.2, 0) is 7.05 Å². The zero-order valence-corrected chi connectivity index (χ0v) is 19.4. The van der Waals surface area contributed by atoms with Crippen LogP contribution in [0.25, 0.3) is 22.6 Å². The van der Waals surface area contributed by atoms with E-state index >= 15 is 0 Å². The normalized spacial score (nSPS) is 14.9. The number of carbonyl (C=O) groups excluding carboxylic acids is 1. The van der Waals surface area contributed by atoms with Gasteiger partial charge in [0.15, 0.2) is 22.8 Å². The van der Waals surface area contributed by atoms with Gasteiger partial charge in [-0.05, 0) is 45.1 Å². The van der Waals surface area contributed by atoms with Crippen LogP contribution in [0, 0.1) is 0 Å². The Morgan fingerprint density at radius 1 is 1.09 bits per heavy atom. The molecule has 1 fully saturated rings. The minimum absolute atomic E-state index is 0.132. The maximum atomic E-state index is 13.0. The summed E-state index contributed by atoms with van der Waals surface area (Å²) in [5.74, 6) is 1.50. The Kier molecular flexibility index (Phi) is 5.80. The van der Waals surface area contributed by atoms with Crippen molar-refractivity contribution in [3.8, 4) is 11.4 Å². The fraction of sp³-hybridized carbons (Fsp3) is 0.364. The molecule has 1 aromatic carbocycles. The molecule has 0 saturated carbocycles. The van der Waals surface area contributed by atoms with Crippen LogP contribution in [0.15, 0.2) is 36.9 Å². The van der Waals surface area contributed by atoms with Crippen molar-refractivity contribution in [2.45, 2.75) is 18.9 Å². The molecular weight excluding hydrogens is 434 g/mol. The maximum absolute atomic E-state index is 13.0. The van der Waals surface area contributed by atoms with E-state index in [2.05, 4.69) is 52.9 Å². The summed E-state index contributed by atoms with van der Waals surface area (Å²) in [7, 11) is 5.68. The third kappa shape index (κ3) is 4.39. The number of anilines is 3. The van der Waals surface area contributed by atoms with Crippen LogP contribution in [-0.4, -0.2) is 78.4 Å². The van der Waals surface area contributed by atoms with E-state index in [0.29, 0.717) is 28.8 Å². The number of amides is 1. The highest BCUT2D eigenvalue weighted by Crippen LogP contribution is 2.25. The summed E-state index contributed by atoms with van der Waals surface area (Å²) >= 11 is 0. The molecule has 0 radical (unpaired) electrons. The van der Waals surface area contributed by atoms with Crippen molar-refractivity contribution in [2.75, 3.05) is 37.8 Å². The predicted molar refractivity (Wildman–Crippen MR) is 129 cm³/mol. The van der Waals surface area contributed by atoms with Gasteiger partial charge in [0, 0.05) is 31.4 Å². The van der Waals surface area contributed by atoms with Crippen LogP contribution in [0.3, 0.4) is 0 Å². The zero-order chi connectivity index (χ0) is 23.7. The number of piperidine rings is 1. The van der Waals surface area contributed by atoms with Crippen molar-refractivity contribution in [3.63, 3.8) is 0 Å². The first kappa shape index (κ1) is 21.8. The summed E-state index contributed by atoms with van der Waals surface area (Å²) in [5, 5.41) is 13.7. The van der Waals surface area contributed by atoms with Gasteiger partial charge in [-0.2, -0.15) is 15.1 Å². The van der Waals surface area contributed by atoms with Crippen LogP contribution in [0.5, 0.6) is 0 Å². The Bertz CT molecular complexity index is 1320. The van der Waals surface area contributed by atoms with Gasteiger partial charge in [0.05, 0.1) is 0 Å². The van der Waals surface area contributed by atoms with Crippen molar-refractivity contribution in [2.24, 2.45) is 7.05 Å². The summed E-state index contributed by atoms with van der Waals surface area (Å²) in [4.78, 5) is 33.1. The Morgan fingerprint density at radius 3 is 2.65 bits per heavy atom. The second-order valence-corrected chi connectivity index (χ2v) is 8.41. The molecule has 1 aliphatic rings. The first-order valence-corrected chi connectivity index (χ1v) is 11.2. The lowest BCUT2D eigenvalue weighted by Crippen LogP contribution is -2.44. The van der Waals surface area contributed by atoms with Crippen LogP contribution in [0.2, 0.25) is 0 Å². The lowest BCUT2D eigenvalue weighted by molar-refractivity contribution is 0.215. The van der Waals surface area contributed by atoms with Crippen LogP contribution >= 0.6 is 0 Å². The SMILES string of the molecule is CNc1nc(Nc2cccc(-c3ncn(C)n3)c2)nc2c1ncn2C(=O)NC1CCN(C)CC1. The molecule has 34 heavy (non-hydrogen) atoms. The minimum Gasteiger partial charge on any atom is -0.371 e. The average molecular weight is 462 g/mol. The fourth-order valence-electron chi connectivity index (χ4n) is 4.01. The van der Waals surface area contributed by atoms with Crippen molar-refractivity contribution in [1.29, 1.82) is 0 Å². The predicted octanol–water partition coefficient (Wildman–Crippen LogP) is 2.06. The van der Waals surface area contributed by atoms with E-state index < -0.39 is 0 Å². The standard InChI is InChI=1S/C22H27N11O/c1-23-19-17-20(33(13-24-17)22(34)27-15-7-9-31(2)10-8-15)29-21(28-19)26-16-6-4-5-14(11-16)18-25-12-32(3)30-18/h4-6,11-13,15H,7-10H2,1-3H3,(H,27,34)(H2,23,26,28,29). The molecule has 0 aliphatic carbocycles. The lowest BCUT2D eigenvalue weighted by Gasteiger charge is -2.29. The van der Waals surface area contributed by atoms with Gasteiger partial charge in [-0.15, -0.1) is 0 Å². The van der Waals surface area contributed by atoms with Crippen molar-refractivity contribution in [1.82, 2.24) is 44.5 Å². The minimum atomic E-state index is -0.244.